The van der Waals surface area contributed by atoms with Crippen molar-refractivity contribution < 1.29 is 42.9 Å². The number of hydrogen-bond acceptors (Lipinski definition) is 10. The summed E-state index contributed by atoms with van der Waals surface area (Å²) in [6, 6.07) is 3.53. The summed E-state index contributed by atoms with van der Waals surface area (Å²) in [6.45, 7) is 13.3. The molecule has 1 aromatic rings. The van der Waals surface area contributed by atoms with Crippen LogP contribution in [0.25, 0.3) is 0 Å². The third-order valence-electron chi connectivity index (χ3n) is 4.81. The van der Waals surface area contributed by atoms with Gasteiger partial charge in [-0.1, -0.05) is 6.07 Å². The van der Waals surface area contributed by atoms with Gasteiger partial charge in [-0.25, -0.2) is 4.79 Å². The van der Waals surface area contributed by atoms with Gasteiger partial charge in [0.15, 0.2) is 11.5 Å². The van der Waals surface area contributed by atoms with Crippen LogP contribution in [0.5, 0.6) is 11.5 Å². The zero-order valence-corrected chi connectivity index (χ0v) is 21.9. The Morgan fingerprint density at radius 1 is 0.829 bits per heavy atom. The molecular weight excluding hydrogens is 458 g/mol. The summed E-state index contributed by atoms with van der Waals surface area (Å²) in [5.41, 5.74) is 4.99. The molecule has 0 radical (unpaired) electrons. The molecule has 196 valence electrons. The highest BCUT2D eigenvalue weighted by molar-refractivity contribution is 5.81. The number of ether oxygens (including phenoxy) is 5. The van der Waals surface area contributed by atoms with Gasteiger partial charge in [0.05, 0.1) is 17.9 Å². The van der Waals surface area contributed by atoms with Crippen molar-refractivity contribution in [2.45, 2.75) is 80.1 Å². The second-order valence-corrected chi connectivity index (χ2v) is 10.3. The SMILES string of the molecule is COC(=O)O[C@@H](C)[C@H](C)OC(=O)[C@@H](N)Cc1ccc(OC(=O)C(C)(C)C)c(OC(=O)C(C)(C)C)c1. The molecular formula is C25H37NO9. The number of benzene rings is 1. The smallest absolute Gasteiger partial charge is 0.458 e. The van der Waals surface area contributed by atoms with E-state index in [0.29, 0.717) is 5.56 Å². The molecule has 0 aliphatic rings. The topological polar surface area (TPSA) is 140 Å². The fourth-order valence-corrected chi connectivity index (χ4v) is 2.35. The van der Waals surface area contributed by atoms with E-state index in [1.807, 2.05) is 0 Å². The predicted octanol–water partition coefficient (Wildman–Crippen LogP) is 3.56. The molecule has 1 aromatic carbocycles. The van der Waals surface area contributed by atoms with E-state index in [4.69, 9.17) is 24.7 Å². The molecule has 10 heteroatoms. The number of carbonyl (C=O) groups excluding carboxylic acids is 4. The normalized spacial score (nSPS) is 14.2. The summed E-state index contributed by atoms with van der Waals surface area (Å²) in [6.07, 6.45) is -2.37. The van der Waals surface area contributed by atoms with E-state index in [1.165, 1.54) is 19.2 Å². The minimum absolute atomic E-state index is 0.0362. The van der Waals surface area contributed by atoms with Crippen LogP contribution in [0.4, 0.5) is 4.79 Å². The number of nitrogens with two attached hydrogens (primary N) is 1. The molecule has 2 N–H and O–H groups in total. The number of methoxy groups -OCH3 is 1. The van der Waals surface area contributed by atoms with Gasteiger partial charge >= 0.3 is 24.1 Å². The van der Waals surface area contributed by atoms with Crippen molar-refractivity contribution in [3.05, 3.63) is 23.8 Å². The third-order valence-corrected chi connectivity index (χ3v) is 4.81. The monoisotopic (exact) mass is 495 g/mol. The van der Waals surface area contributed by atoms with E-state index in [9.17, 15) is 19.2 Å². The highest BCUT2D eigenvalue weighted by Crippen LogP contribution is 2.33. The largest absolute Gasteiger partial charge is 0.508 e. The van der Waals surface area contributed by atoms with E-state index in [-0.39, 0.29) is 17.9 Å². The lowest BCUT2D eigenvalue weighted by Crippen LogP contribution is -2.39. The van der Waals surface area contributed by atoms with Gasteiger partial charge in [0.25, 0.3) is 0 Å². The molecule has 3 atom stereocenters. The van der Waals surface area contributed by atoms with E-state index >= 15 is 0 Å². The second kappa shape index (κ2) is 12.0. The number of hydrogen-bond donors (Lipinski definition) is 1. The molecule has 0 saturated heterocycles. The standard InChI is InChI=1S/C25H37NO9/c1-14(15(2)33-23(30)31-9)32-20(27)17(26)12-16-10-11-18(34-21(28)24(3,4)5)19(13-16)35-22(29)25(6,7)8/h10-11,13-15,17H,12,26H2,1-9H3/t14-,15-,17-/m0/s1. The Morgan fingerprint density at radius 2 is 1.31 bits per heavy atom. The molecule has 0 amide bonds. The summed E-state index contributed by atoms with van der Waals surface area (Å²) in [5.74, 6) is -1.64. The molecule has 0 aliphatic heterocycles. The van der Waals surface area contributed by atoms with Crippen LogP contribution in [0, 0.1) is 10.8 Å². The minimum Gasteiger partial charge on any atom is -0.458 e. The van der Waals surface area contributed by atoms with Crippen molar-refractivity contribution in [3.8, 4) is 11.5 Å². The van der Waals surface area contributed by atoms with Crippen LogP contribution < -0.4 is 15.2 Å². The van der Waals surface area contributed by atoms with Crippen molar-refractivity contribution in [3.63, 3.8) is 0 Å². The van der Waals surface area contributed by atoms with E-state index in [1.54, 1.807) is 61.5 Å². The Labute approximate surface area is 206 Å². The Hall–Kier alpha value is -3.14. The van der Waals surface area contributed by atoms with Crippen molar-refractivity contribution >= 4 is 24.1 Å². The number of rotatable bonds is 8. The molecule has 0 aromatic heterocycles. The minimum atomic E-state index is -1.06. The molecule has 0 saturated carbocycles. The quantitative estimate of drug-likeness (QED) is 0.420. The Bertz CT molecular complexity index is 928. The summed E-state index contributed by atoms with van der Waals surface area (Å²) in [5, 5.41) is 0. The lowest BCUT2D eigenvalue weighted by atomic mass is 9.97. The highest BCUT2D eigenvalue weighted by Gasteiger charge is 2.29. The van der Waals surface area contributed by atoms with Gasteiger partial charge in [-0.15, -0.1) is 0 Å². The molecule has 0 fully saturated rings. The Morgan fingerprint density at radius 3 is 1.80 bits per heavy atom. The predicted molar refractivity (Wildman–Crippen MR) is 127 cm³/mol. The van der Waals surface area contributed by atoms with Crippen LogP contribution >= 0.6 is 0 Å². The molecule has 10 nitrogen and oxygen atoms in total. The van der Waals surface area contributed by atoms with Crippen molar-refractivity contribution in [1.82, 2.24) is 0 Å². The first kappa shape index (κ1) is 29.9. The highest BCUT2D eigenvalue weighted by atomic mass is 16.7. The third kappa shape index (κ3) is 9.56. The van der Waals surface area contributed by atoms with Crippen molar-refractivity contribution in [2.75, 3.05) is 7.11 Å². The van der Waals surface area contributed by atoms with Crippen molar-refractivity contribution in [1.29, 1.82) is 0 Å². The van der Waals surface area contributed by atoms with Crippen LogP contribution in [0.1, 0.15) is 61.0 Å². The molecule has 0 bridgehead atoms. The van der Waals surface area contributed by atoms with E-state index < -0.39 is 53.1 Å². The average molecular weight is 496 g/mol. The summed E-state index contributed by atoms with van der Waals surface area (Å²) in [7, 11) is 1.17. The number of carbonyl (C=O) groups is 4. The molecule has 0 heterocycles. The van der Waals surface area contributed by atoms with E-state index in [0.717, 1.165) is 0 Å². The summed E-state index contributed by atoms with van der Waals surface area (Å²) < 4.78 is 25.6. The average Bonchev–Trinajstić information content (AvgIpc) is 2.73. The van der Waals surface area contributed by atoms with Crippen LogP contribution in [0.2, 0.25) is 0 Å². The maximum Gasteiger partial charge on any atom is 0.508 e. The number of esters is 3. The molecule has 35 heavy (non-hydrogen) atoms. The zero-order valence-electron chi connectivity index (χ0n) is 21.9. The molecule has 0 unspecified atom stereocenters. The van der Waals surface area contributed by atoms with Gasteiger partial charge in [0.1, 0.15) is 18.2 Å². The lowest BCUT2D eigenvalue weighted by molar-refractivity contribution is -0.155. The van der Waals surface area contributed by atoms with Crippen LogP contribution in [-0.2, 0) is 35.0 Å². The molecule has 1 rings (SSSR count). The Kier molecular flexibility index (Phi) is 10.3. The summed E-state index contributed by atoms with van der Waals surface area (Å²) >= 11 is 0. The Balaban J connectivity index is 3.04. The summed E-state index contributed by atoms with van der Waals surface area (Å²) in [4.78, 5) is 48.6. The van der Waals surface area contributed by atoms with Gasteiger partial charge in [-0.2, -0.15) is 0 Å². The maximum absolute atomic E-state index is 12.5. The lowest BCUT2D eigenvalue weighted by Gasteiger charge is -2.22. The molecule has 0 aliphatic carbocycles. The van der Waals surface area contributed by atoms with Gasteiger partial charge in [-0.3, -0.25) is 14.4 Å². The fourth-order valence-electron chi connectivity index (χ4n) is 2.35. The van der Waals surface area contributed by atoms with E-state index in [2.05, 4.69) is 4.74 Å². The van der Waals surface area contributed by atoms with Gasteiger partial charge < -0.3 is 29.4 Å². The van der Waals surface area contributed by atoms with Gasteiger partial charge in [-0.05, 0) is 79.5 Å². The fraction of sp³-hybridized carbons (Fsp3) is 0.600. The first-order valence-corrected chi connectivity index (χ1v) is 11.2. The maximum atomic E-state index is 12.5. The van der Waals surface area contributed by atoms with Crippen LogP contribution in [-0.4, -0.2) is 49.4 Å². The van der Waals surface area contributed by atoms with Crippen LogP contribution in [0.15, 0.2) is 18.2 Å². The second-order valence-electron chi connectivity index (χ2n) is 10.3. The zero-order chi connectivity index (χ0) is 27.1. The van der Waals surface area contributed by atoms with Crippen LogP contribution in [0.3, 0.4) is 0 Å². The molecule has 0 spiro atoms. The first-order valence-electron chi connectivity index (χ1n) is 11.2. The van der Waals surface area contributed by atoms with Crippen molar-refractivity contribution in [2.24, 2.45) is 16.6 Å². The first-order chi connectivity index (χ1) is 15.9. The van der Waals surface area contributed by atoms with Gasteiger partial charge in [0.2, 0.25) is 0 Å². The van der Waals surface area contributed by atoms with Gasteiger partial charge in [0, 0.05) is 0 Å².